The molecule has 0 amide bonds. The smallest absolute Gasteiger partial charge is 0.134 e. The molecule has 2 heterocycles. The number of nitrogens with zero attached hydrogens (tertiary/aromatic N) is 3. The van der Waals surface area contributed by atoms with E-state index in [9.17, 15) is 0 Å². The molecule has 0 unspecified atom stereocenters. The number of nitrogens with one attached hydrogen (secondary N) is 1. The number of benzene rings is 1. The Bertz CT molecular complexity index is 962. The predicted molar refractivity (Wildman–Crippen MR) is 102 cm³/mol. The average molecular weight is 316 g/mol. The summed E-state index contributed by atoms with van der Waals surface area (Å²) in [6.45, 7) is 5.03. The van der Waals surface area contributed by atoms with E-state index in [1.165, 1.54) is 5.56 Å². The first-order valence-corrected chi connectivity index (χ1v) is 7.92. The maximum absolute atomic E-state index is 4.71. The second kappa shape index (κ2) is 7.51. The highest BCUT2D eigenvalue weighted by Gasteiger charge is 2.04. The van der Waals surface area contributed by atoms with Crippen molar-refractivity contribution >= 4 is 35.6 Å². The zero-order valence-corrected chi connectivity index (χ0v) is 13.7. The van der Waals surface area contributed by atoms with Gasteiger partial charge in [0.15, 0.2) is 0 Å². The van der Waals surface area contributed by atoms with Gasteiger partial charge < -0.3 is 5.32 Å². The van der Waals surface area contributed by atoms with Crippen LogP contribution < -0.4 is 15.8 Å². The molecule has 0 saturated heterocycles. The van der Waals surface area contributed by atoms with Gasteiger partial charge in [-0.1, -0.05) is 36.9 Å². The summed E-state index contributed by atoms with van der Waals surface area (Å²) in [5, 5.41) is 6.34. The van der Waals surface area contributed by atoms with Crippen molar-refractivity contribution in [1.82, 2.24) is 9.97 Å². The van der Waals surface area contributed by atoms with E-state index in [1.54, 1.807) is 25.7 Å². The van der Waals surface area contributed by atoms with E-state index in [4.69, 9.17) is 4.98 Å². The predicted octanol–water partition coefficient (Wildman–Crippen LogP) is 2.18. The van der Waals surface area contributed by atoms with Crippen LogP contribution in [0, 0.1) is 0 Å². The van der Waals surface area contributed by atoms with Crippen molar-refractivity contribution in [2.75, 3.05) is 18.9 Å². The topological polar surface area (TPSA) is 50.2 Å². The zero-order chi connectivity index (χ0) is 16.8. The van der Waals surface area contributed by atoms with Gasteiger partial charge in [0, 0.05) is 36.6 Å². The Morgan fingerprint density at radius 2 is 2.04 bits per heavy atom. The van der Waals surface area contributed by atoms with Crippen molar-refractivity contribution in [2.24, 2.45) is 4.99 Å². The maximum Gasteiger partial charge on any atom is 0.134 e. The number of hydrogen-bond acceptors (Lipinski definition) is 4. The van der Waals surface area contributed by atoms with Crippen LogP contribution in [0.5, 0.6) is 0 Å². The summed E-state index contributed by atoms with van der Waals surface area (Å²) in [7, 11) is 1.75. The summed E-state index contributed by atoms with van der Waals surface area (Å²) in [5.74, 6) is 0.816. The van der Waals surface area contributed by atoms with Crippen LogP contribution in [0.2, 0.25) is 0 Å². The summed E-state index contributed by atoms with van der Waals surface area (Å²) in [6.07, 6.45) is 8.17. The van der Waals surface area contributed by atoms with Crippen LogP contribution in [0.15, 0.2) is 53.8 Å². The molecule has 4 heteroatoms. The second-order valence-corrected chi connectivity index (χ2v) is 5.48. The molecule has 0 aliphatic carbocycles. The Morgan fingerprint density at radius 3 is 2.83 bits per heavy atom. The molecule has 0 saturated carbocycles. The zero-order valence-electron chi connectivity index (χ0n) is 13.7. The van der Waals surface area contributed by atoms with Crippen LogP contribution in [-0.2, 0) is 6.42 Å². The van der Waals surface area contributed by atoms with Gasteiger partial charge in [0.05, 0.1) is 11.7 Å². The lowest BCUT2D eigenvalue weighted by Crippen LogP contribution is -2.30. The molecule has 3 rings (SSSR count). The molecule has 120 valence electrons. The Morgan fingerprint density at radius 1 is 1.21 bits per heavy atom. The van der Waals surface area contributed by atoms with Crippen molar-refractivity contribution in [1.29, 1.82) is 0 Å². The summed E-state index contributed by atoms with van der Waals surface area (Å²) in [5.41, 5.74) is 2.14. The molecule has 0 fully saturated rings. The lowest BCUT2D eigenvalue weighted by molar-refractivity contribution is 1.01. The third-order valence-corrected chi connectivity index (χ3v) is 3.88. The van der Waals surface area contributed by atoms with Crippen LogP contribution in [0.25, 0.3) is 23.6 Å². The third-order valence-electron chi connectivity index (χ3n) is 3.88. The van der Waals surface area contributed by atoms with Gasteiger partial charge in [-0.05, 0) is 29.3 Å². The normalized spacial score (nSPS) is 12.1. The van der Waals surface area contributed by atoms with Crippen LogP contribution in [-0.4, -0.2) is 29.8 Å². The van der Waals surface area contributed by atoms with E-state index in [0.29, 0.717) is 0 Å². The summed E-state index contributed by atoms with van der Waals surface area (Å²) in [4.78, 5) is 12.9. The van der Waals surface area contributed by atoms with Crippen molar-refractivity contribution in [3.63, 3.8) is 0 Å². The summed E-state index contributed by atoms with van der Waals surface area (Å²) < 4.78 is 0. The molecule has 0 bridgehead atoms. The number of anilines is 1. The van der Waals surface area contributed by atoms with Crippen LogP contribution in [0.3, 0.4) is 0 Å². The minimum absolute atomic E-state index is 0.798. The number of hydrogen-bond donors (Lipinski definition) is 1. The highest BCUT2D eigenvalue weighted by molar-refractivity contribution is 5.93. The van der Waals surface area contributed by atoms with Gasteiger partial charge in [0.2, 0.25) is 0 Å². The molecule has 4 nitrogen and oxygen atoms in total. The minimum Gasteiger partial charge on any atom is -0.369 e. The van der Waals surface area contributed by atoms with E-state index < -0.39 is 0 Å². The number of aromatic nitrogens is 2. The Hall–Kier alpha value is -3.01. The van der Waals surface area contributed by atoms with Crippen molar-refractivity contribution in [3.8, 4) is 0 Å². The highest BCUT2D eigenvalue weighted by Crippen LogP contribution is 2.06. The minimum atomic E-state index is 0.798. The van der Waals surface area contributed by atoms with Crippen molar-refractivity contribution < 1.29 is 0 Å². The quantitative estimate of drug-likeness (QED) is 0.734. The fourth-order valence-corrected chi connectivity index (χ4v) is 2.63. The van der Waals surface area contributed by atoms with E-state index in [2.05, 4.69) is 46.1 Å². The molecule has 0 spiro atoms. The van der Waals surface area contributed by atoms with E-state index >= 15 is 0 Å². The van der Waals surface area contributed by atoms with Gasteiger partial charge in [-0.25, -0.2) is 4.98 Å². The molecule has 0 aliphatic heterocycles. The number of pyridine rings is 2. The maximum atomic E-state index is 4.71. The highest BCUT2D eigenvalue weighted by atomic mass is 15.0. The van der Waals surface area contributed by atoms with Gasteiger partial charge in [-0.2, -0.15) is 0 Å². The molecule has 0 radical (unpaired) electrons. The first kappa shape index (κ1) is 15.9. The average Bonchev–Trinajstić information content (AvgIpc) is 2.62. The monoisotopic (exact) mass is 316 g/mol. The molecule has 1 N–H and O–H groups in total. The van der Waals surface area contributed by atoms with E-state index in [0.717, 1.165) is 40.1 Å². The van der Waals surface area contributed by atoms with Gasteiger partial charge in [-0.15, -0.1) is 0 Å². The summed E-state index contributed by atoms with van der Waals surface area (Å²) in [6, 6.07) is 12.3. The van der Waals surface area contributed by atoms with Crippen molar-refractivity contribution in [2.45, 2.75) is 6.42 Å². The number of aliphatic imine (C=N–C) groups is 1. The molecular formula is C20H20N4. The van der Waals surface area contributed by atoms with Crippen LogP contribution >= 0.6 is 0 Å². The van der Waals surface area contributed by atoms with Gasteiger partial charge >= 0.3 is 0 Å². The molecule has 1 aromatic carbocycles. The van der Waals surface area contributed by atoms with Gasteiger partial charge in [-0.3, -0.25) is 9.98 Å². The molecule has 3 aromatic rings. The van der Waals surface area contributed by atoms with Crippen LogP contribution in [0.1, 0.15) is 5.56 Å². The standard InChI is InChI=1S/C20H20N4/c1-15-17-10-12-22-14-19(17)24-20(18(15)9-11-21-2)23-13-8-16-6-4-3-5-7-16/h3-7,9-12,14H,1,8,13H2,2H3,(H,23,24)/b18-9+,21-11-. The Kier molecular flexibility index (Phi) is 4.96. The number of fused-ring (bicyclic) bond motifs is 1. The van der Waals surface area contributed by atoms with Crippen molar-refractivity contribution in [3.05, 3.63) is 64.8 Å². The fraction of sp³-hybridized carbons (Fsp3) is 0.150. The Labute approximate surface area is 141 Å². The SMILES string of the molecule is C=c1/c(=C\C=N/C)c(NCCc2ccccc2)nc2cnccc12. The van der Waals surface area contributed by atoms with Crippen LogP contribution in [0.4, 0.5) is 5.82 Å². The molecule has 2 aromatic heterocycles. The van der Waals surface area contributed by atoms with E-state index in [-0.39, 0.29) is 0 Å². The molecule has 24 heavy (non-hydrogen) atoms. The van der Waals surface area contributed by atoms with Gasteiger partial charge in [0.25, 0.3) is 0 Å². The van der Waals surface area contributed by atoms with E-state index in [1.807, 2.05) is 18.2 Å². The third kappa shape index (κ3) is 3.49. The first-order valence-electron chi connectivity index (χ1n) is 7.92. The van der Waals surface area contributed by atoms with Gasteiger partial charge in [0.1, 0.15) is 5.82 Å². The molecule has 0 atom stereocenters. The lowest BCUT2D eigenvalue weighted by Gasteiger charge is -2.09. The molecule has 0 aliphatic rings. The molecular weight excluding hydrogens is 296 g/mol. The largest absolute Gasteiger partial charge is 0.369 e. The first-order chi connectivity index (χ1) is 11.8. The summed E-state index contributed by atoms with van der Waals surface area (Å²) >= 11 is 0. The fourth-order valence-electron chi connectivity index (χ4n) is 2.63. The number of rotatable bonds is 5. The second-order valence-electron chi connectivity index (χ2n) is 5.48. The lowest BCUT2D eigenvalue weighted by atomic mass is 10.1. The Balaban J connectivity index is 1.95.